The third-order valence-corrected chi connectivity index (χ3v) is 9.74. The molecule has 2 aromatic carbocycles. The highest BCUT2D eigenvalue weighted by Gasteiger charge is 2.27. The van der Waals surface area contributed by atoms with E-state index in [1.807, 2.05) is 87.0 Å². The second kappa shape index (κ2) is 14.2. The fraction of sp³-hybridized carbons (Fsp3) is 0.333. The van der Waals surface area contributed by atoms with Gasteiger partial charge in [-0.25, -0.2) is 9.78 Å². The molecule has 4 heterocycles. The molecule has 1 saturated heterocycles. The number of likely N-dealkylation sites (tertiary alicyclic amines) is 1. The molecule has 250 valence electrons. The van der Waals surface area contributed by atoms with Crippen molar-refractivity contribution in [3.8, 4) is 27.6 Å². The van der Waals surface area contributed by atoms with Crippen LogP contribution in [0.3, 0.4) is 0 Å². The lowest BCUT2D eigenvalue weighted by molar-refractivity contribution is 0.0617. The first-order valence-corrected chi connectivity index (χ1v) is 17.1. The lowest BCUT2D eigenvalue weighted by Gasteiger charge is -2.32. The van der Waals surface area contributed by atoms with Crippen LogP contribution in [0, 0.1) is 12.8 Å². The standard InChI is InChI=1S/C36H38ClN5O5S/c1-21(2)19-45-36(44)41-14-12-26(13-15-41)47-30-7-5-6-27(33(30)37)23(4)46-31-17-32(48-34(31)35(38)43)42-20-40-28-16-24(10-11-29(28)42)25-9-8-22(3)39-18-25/h5-11,16-18,20-21,23,26H,12-15,19H2,1-4H3,(H2,38,43)/t23-/m1/s1. The molecular weight excluding hydrogens is 650 g/mol. The molecular formula is C36H38ClN5O5S. The van der Waals surface area contributed by atoms with Crippen molar-refractivity contribution < 1.29 is 23.8 Å². The Morgan fingerprint density at radius 3 is 2.50 bits per heavy atom. The van der Waals surface area contributed by atoms with Crippen LogP contribution < -0.4 is 15.2 Å². The number of piperidine rings is 1. The Labute approximate surface area is 288 Å². The van der Waals surface area contributed by atoms with E-state index in [-0.39, 0.29) is 18.1 Å². The number of nitrogens with two attached hydrogens (primary N) is 1. The van der Waals surface area contributed by atoms with Gasteiger partial charge < -0.3 is 24.8 Å². The van der Waals surface area contributed by atoms with Crippen LogP contribution in [-0.4, -0.2) is 57.2 Å². The van der Waals surface area contributed by atoms with Gasteiger partial charge in [0, 0.05) is 55.0 Å². The van der Waals surface area contributed by atoms with Crippen molar-refractivity contribution in [1.29, 1.82) is 0 Å². The Balaban J connectivity index is 1.16. The number of rotatable bonds is 10. The average Bonchev–Trinajstić information content (AvgIpc) is 3.69. The number of halogens is 1. The van der Waals surface area contributed by atoms with Crippen molar-refractivity contribution in [2.45, 2.75) is 52.7 Å². The number of imidazole rings is 1. The molecule has 3 aromatic heterocycles. The van der Waals surface area contributed by atoms with Gasteiger partial charge in [0.25, 0.3) is 5.91 Å². The number of aryl methyl sites for hydroxylation is 1. The summed E-state index contributed by atoms with van der Waals surface area (Å²) in [5.74, 6) is 0.596. The van der Waals surface area contributed by atoms with E-state index in [0.717, 1.165) is 32.9 Å². The van der Waals surface area contributed by atoms with Gasteiger partial charge in [-0.15, -0.1) is 11.3 Å². The monoisotopic (exact) mass is 687 g/mol. The molecule has 0 bridgehead atoms. The van der Waals surface area contributed by atoms with E-state index >= 15 is 0 Å². The van der Waals surface area contributed by atoms with E-state index in [1.54, 1.807) is 17.3 Å². The fourth-order valence-electron chi connectivity index (χ4n) is 5.60. The zero-order valence-corrected chi connectivity index (χ0v) is 28.9. The Kier molecular flexibility index (Phi) is 9.88. The van der Waals surface area contributed by atoms with Crippen LogP contribution in [0.15, 0.2) is 67.1 Å². The summed E-state index contributed by atoms with van der Waals surface area (Å²) in [7, 11) is 0. The Morgan fingerprint density at radius 1 is 1.02 bits per heavy atom. The predicted molar refractivity (Wildman–Crippen MR) is 187 cm³/mol. The lowest BCUT2D eigenvalue weighted by atomic mass is 10.1. The summed E-state index contributed by atoms with van der Waals surface area (Å²) in [6, 6.07) is 17.4. The summed E-state index contributed by atoms with van der Waals surface area (Å²) in [6.07, 6.45) is 3.99. The second-order valence-electron chi connectivity index (χ2n) is 12.3. The Hall–Kier alpha value is -4.61. The molecule has 1 aliphatic heterocycles. The molecule has 0 saturated carbocycles. The molecule has 1 aliphatic rings. The summed E-state index contributed by atoms with van der Waals surface area (Å²) < 4.78 is 19.9. The number of aromatic nitrogens is 3. The minimum Gasteiger partial charge on any atom is -0.489 e. The number of carbonyl (C=O) groups excluding carboxylic acids is 2. The van der Waals surface area contributed by atoms with Crippen LogP contribution >= 0.6 is 22.9 Å². The number of fused-ring (bicyclic) bond motifs is 1. The summed E-state index contributed by atoms with van der Waals surface area (Å²) in [4.78, 5) is 35.9. The molecule has 6 rings (SSSR count). The molecule has 0 spiro atoms. The number of ether oxygens (including phenoxy) is 3. The van der Waals surface area contributed by atoms with Gasteiger partial charge >= 0.3 is 6.09 Å². The van der Waals surface area contributed by atoms with Crippen molar-refractivity contribution in [3.63, 3.8) is 0 Å². The fourth-order valence-corrected chi connectivity index (χ4v) is 6.85. The maximum atomic E-state index is 12.5. The molecule has 5 aromatic rings. The quantitative estimate of drug-likeness (QED) is 0.158. The molecule has 1 atom stereocenters. The average molecular weight is 688 g/mol. The van der Waals surface area contributed by atoms with Gasteiger partial charge in [0.05, 0.1) is 22.7 Å². The number of benzene rings is 2. The molecule has 1 fully saturated rings. The van der Waals surface area contributed by atoms with Crippen LogP contribution in [0.25, 0.3) is 27.2 Å². The number of pyridine rings is 1. The van der Waals surface area contributed by atoms with Gasteiger partial charge in [-0.1, -0.05) is 49.7 Å². The van der Waals surface area contributed by atoms with Crippen LogP contribution in [0.4, 0.5) is 4.79 Å². The van der Waals surface area contributed by atoms with E-state index < -0.39 is 12.0 Å². The van der Waals surface area contributed by atoms with Crippen LogP contribution in [0.5, 0.6) is 11.5 Å². The SMILES string of the molecule is Cc1ccc(-c2ccc3c(c2)ncn3-c2cc(O[C@H](C)c3cccc(OC4CCN(C(=O)OCC(C)C)CC4)c3Cl)c(C(N)=O)s2)cn1. The van der Waals surface area contributed by atoms with Crippen molar-refractivity contribution in [3.05, 3.63) is 88.3 Å². The first-order chi connectivity index (χ1) is 23.1. The van der Waals surface area contributed by atoms with Gasteiger partial charge in [0.15, 0.2) is 0 Å². The zero-order chi connectivity index (χ0) is 33.9. The number of thiophene rings is 1. The van der Waals surface area contributed by atoms with Gasteiger partial charge in [-0.3, -0.25) is 14.3 Å². The van der Waals surface area contributed by atoms with E-state index in [4.69, 9.17) is 31.5 Å². The molecule has 12 heteroatoms. The third kappa shape index (κ3) is 7.27. The third-order valence-electron chi connectivity index (χ3n) is 8.21. The molecule has 2 N–H and O–H groups in total. The smallest absolute Gasteiger partial charge is 0.409 e. The normalized spacial score (nSPS) is 14.3. The topological polar surface area (TPSA) is 122 Å². The number of hydrogen-bond donors (Lipinski definition) is 1. The second-order valence-corrected chi connectivity index (χ2v) is 13.8. The van der Waals surface area contributed by atoms with Gasteiger partial charge in [0.2, 0.25) is 0 Å². The zero-order valence-electron chi connectivity index (χ0n) is 27.3. The predicted octanol–water partition coefficient (Wildman–Crippen LogP) is 7.99. The van der Waals surface area contributed by atoms with E-state index in [2.05, 4.69) is 9.97 Å². The van der Waals surface area contributed by atoms with E-state index in [1.165, 1.54) is 11.3 Å². The molecule has 2 amide bonds. The number of amides is 2. The maximum absolute atomic E-state index is 12.5. The largest absolute Gasteiger partial charge is 0.489 e. The lowest BCUT2D eigenvalue weighted by Crippen LogP contribution is -2.42. The first kappa shape index (κ1) is 33.3. The summed E-state index contributed by atoms with van der Waals surface area (Å²) in [6.45, 7) is 9.34. The van der Waals surface area contributed by atoms with Gasteiger partial charge in [-0.05, 0) is 49.6 Å². The number of hydrogen-bond acceptors (Lipinski definition) is 8. The van der Waals surface area contributed by atoms with E-state index in [0.29, 0.717) is 59.5 Å². The highest BCUT2D eigenvalue weighted by molar-refractivity contribution is 7.16. The molecule has 0 radical (unpaired) electrons. The van der Waals surface area contributed by atoms with E-state index in [9.17, 15) is 9.59 Å². The molecule has 48 heavy (non-hydrogen) atoms. The van der Waals surface area contributed by atoms with Gasteiger partial charge in [0.1, 0.15) is 39.9 Å². The molecule has 0 aliphatic carbocycles. The highest BCUT2D eigenvalue weighted by atomic mass is 35.5. The minimum absolute atomic E-state index is 0.0985. The first-order valence-electron chi connectivity index (χ1n) is 15.9. The van der Waals surface area contributed by atoms with Crippen molar-refractivity contribution >= 4 is 46.0 Å². The van der Waals surface area contributed by atoms with Crippen LogP contribution in [0.2, 0.25) is 5.02 Å². The Bertz CT molecular complexity index is 1930. The highest BCUT2D eigenvalue weighted by Crippen LogP contribution is 2.39. The van der Waals surface area contributed by atoms with Crippen molar-refractivity contribution in [2.75, 3.05) is 19.7 Å². The van der Waals surface area contributed by atoms with Crippen molar-refractivity contribution in [2.24, 2.45) is 11.7 Å². The number of carbonyl (C=O) groups is 2. The number of nitrogens with zero attached hydrogens (tertiary/aromatic N) is 4. The summed E-state index contributed by atoms with van der Waals surface area (Å²) in [5.41, 5.74) is 11.2. The minimum atomic E-state index is -0.588. The maximum Gasteiger partial charge on any atom is 0.409 e. The van der Waals surface area contributed by atoms with Crippen molar-refractivity contribution in [1.82, 2.24) is 19.4 Å². The molecule has 0 unspecified atom stereocenters. The van der Waals surface area contributed by atoms with Crippen LogP contribution in [-0.2, 0) is 4.74 Å². The van der Waals surface area contributed by atoms with Crippen LogP contribution in [0.1, 0.15) is 60.6 Å². The summed E-state index contributed by atoms with van der Waals surface area (Å²) >= 11 is 8.10. The number of primary amides is 1. The molecule has 10 nitrogen and oxygen atoms in total. The Morgan fingerprint density at radius 2 is 1.79 bits per heavy atom. The van der Waals surface area contributed by atoms with Gasteiger partial charge in [-0.2, -0.15) is 0 Å². The summed E-state index contributed by atoms with van der Waals surface area (Å²) in [5, 5.41) is 1.17.